The molecule has 1 aromatic carbocycles. The highest BCUT2D eigenvalue weighted by Gasteiger charge is 2.01. The van der Waals surface area contributed by atoms with Crippen molar-refractivity contribution in [3.63, 3.8) is 0 Å². The van der Waals surface area contributed by atoms with Crippen LogP contribution in [0.4, 0.5) is 4.39 Å². The van der Waals surface area contributed by atoms with Crippen LogP contribution in [0.15, 0.2) is 39.7 Å². The van der Waals surface area contributed by atoms with E-state index in [0.717, 1.165) is 0 Å². The smallest absolute Gasteiger partial charge is 0.408 e. The number of halogens is 1. The molecule has 1 heterocycles. The molecule has 0 atom stereocenters. The van der Waals surface area contributed by atoms with E-state index in [2.05, 4.69) is 4.98 Å². The Balaban J connectivity index is 2.47. The molecule has 13 heavy (non-hydrogen) atoms. The molecule has 0 aliphatic heterocycles. The van der Waals surface area contributed by atoms with Crippen molar-refractivity contribution in [2.45, 2.75) is 0 Å². The summed E-state index contributed by atoms with van der Waals surface area (Å²) in [6.07, 6.45) is 1.44. The van der Waals surface area contributed by atoms with E-state index in [1.807, 2.05) is 0 Å². The van der Waals surface area contributed by atoms with E-state index in [1.54, 1.807) is 12.1 Å². The van der Waals surface area contributed by atoms with E-state index in [9.17, 15) is 9.18 Å². The topological polar surface area (TPSA) is 46.0 Å². The van der Waals surface area contributed by atoms with Crippen LogP contribution in [-0.2, 0) is 0 Å². The zero-order chi connectivity index (χ0) is 9.26. The standard InChI is InChI=1S/C9H6FNO2/c10-7-3-1-6(2-4-7)8-5-11-9(12)13-8/h1-5H,(H,11,12). The molecule has 66 valence electrons. The first kappa shape index (κ1) is 7.79. The molecule has 2 aromatic rings. The van der Waals surface area contributed by atoms with Gasteiger partial charge in [-0.3, -0.25) is 4.98 Å². The van der Waals surface area contributed by atoms with Crippen LogP contribution in [0.1, 0.15) is 0 Å². The fraction of sp³-hybridized carbons (Fsp3) is 0. The van der Waals surface area contributed by atoms with Gasteiger partial charge in [0.15, 0.2) is 5.76 Å². The second-order valence-electron chi connectivity index (χ2n) is 2.55. The van der Waals surface area contributed by atoms with Gasteiger partial charge in [-0.05, 0) is 24.3 Å². The number of hydrogen-bond donors (Lipinski definition) is 1. The first-order chi connectivity index (χ1) is 6.25. The van der Waals surface area contributed by atoms with Crippen LogP contribution in [0.3, 0.4) is 0 Å². The Bertz CT molecular complexity index is 455. The second kappa shape index (κ2) is 2.90. The lowest BCUT2D eigenvalue weighted by molar-refractivity contribution is 0.528. The molecule has 0 radical (unpaired) electrons. The minimum atomic E-state index is -0.515. The van der Waals surface area contributed by atoms with Crippen molar-refractivity contribution in [3.05, 3.63) is 46.8 Å². The van der Waals surface area contributed by atoms with Crippen LogP contribution in [0, 0.1) is 5.82 Å². The number of H-pyrrole nitrogens is 1. The van der Waals surface area contributed by atoms with Gasteiger partial charge in [0.25, 0.3) is 0 Å². The van der Waals surface area contributed by atoms with E-state index in [4.69, 9.17) is 4.42 Å². The highest BCUT2D eigenvalue weighted by molar-refractivity contribution is 5.55. The Hall–Kier alpha value is -1.84. The Morgan fingerprint density at radius 3 is 2.46 bits per heavy atom. The Labute approximate surface area is 72.8 Å². The van der Waals surface area contributed by atoms with Crippen LogP contribution >= 0.6 is 0 Å². The van der Waals surface area contributed by atoms with Crippen molar-refractivity contribution >= 4 is 0 Å². The summed E-state index contributed by atoms with van der Waals surface area (Å²) < 4.78 is 17.3. The number of rotatable bonds is 1. The summed E-state index contributed by atoms with van der Waals surface area (Å²) in [5.74, 6) is -0.425. The van der Waals surface area contributed by atoms with Gasteiger partial charge in [-0.2, -0.15) is 0 Å². The number of aromatic amines is 1. The predicted octanol–water partition coefficient (Wildman–Crippen LogP) is 1.77. The number of oxazole rings is 1. The summed E-state index contributed by atoms with van der Waals surface area (Å²) in [5.41, 5.74) is 0.666. The fourth-order valence-electron chi connectivity index (χ4n) is 1.04. The van der Waals surface area contributed by atoms with Gasteiger partial charge < -0.3 is 4.42 Å². The lowest BCUT2D eigenvalue weighted by atomic mass is 10.2. The maximum atomic E-state index is 12.5. The Kier molecular flexibility index (Phi) is 1.73. The van der Waals surface area contributed by atoms with Gasteiger partial charge in [-0.15, -0.1) is 0 Å². The van der Waals surface area contributed by atoms with Gasteiger partial charge in [0.2, 0.25) is 0 Å². The fourth-order valence-corrected chi connectivity index (χ4v) is 1.04. The summed E-state index contributed by atoms with van der Waals surface area (Å²) in [6, 6.07) is 5.70. The molecule has 0 amide bonds. The molecule has 1 aromatic heterocycles. The second-order valence-corrected chi connectivity index (χ2v) is 2.55. The summed E-state index contributed by atoms with van der Waals surface area (Å²) in [7, 11) is 0. The summed E-state index contributed by atoms with van der Waals surface area (Å²) in [6.45, 7) is 0. The Morgan fingerprint density at radius 2 is 1.92 bits per heavy atom. The predicted molar refractivity (Wildman–Crippen MR) is 44.7 cm³/mol. The lowest BCUT2D eigenvalue weighted by Gasteiger charge is -1.93. The molecular weight excluding hydrogens is 173 g/mol. The number of nitrogens with one attached hydrogen (secondary N) is 1. The normalized spacial score (nSPS) is 10.2. The maximum absolute atomic E-state index is 12.5. The molecule has 0 spiro atoms. The van der Waals surface area contributed by atoms with Gasteiger partial charge in [0.1, 0.15) is 5.82 Å². The molecule has 0 fully saturated rings. The minimum absolute atomic E-state index is 0.318. The molecule has 0 saturated heterocycles. The molecule has 0 aliphatic carbocycles. The van der Waals surface area contributed by atoms with E-state index in [1.165, 1.54) is 18.3 Å². The molecular formula is C9H6FNO2. The molecule has 4 heteroatoms. The van der Waals surface area contributed by atoms with Crippen molar-refractivity contribution < 1.29 is 8.81 Å². The average Bonchev–Trinajstić information content (AvgIpc) is 2.53. The summed E-state index contributed by atoms with van der Waals surface area (Å²) in [4.78, 5) is 13.0. The number of benzene rings is 1. The zero-order valence-corrected chi connectivity index (χ0v) is 6.58. The lowest BCUT2D eigenvalue weighted by Crippen LogP contribution is -1.92. The number of hydrogen-bond acceptors (Lipinski definition) is 2. The number of aromatic nitrogens is 1. The maximum Gasteiger partial charge on any atom is 0.416 e. The first-order valence-electron chi connectivity index (χ1n) is 3.70. The monoisotopic (exact) mass is 179 g/mol. The third-order valence-electron chi connectivity index (χ3n) is 1.65. The molecule has 0 bridgehead atoms. The SMILES string of the molecule is O=c1[nH]cc(-c2ccc(F)cc2)o1. The molecule has 0 saturated carbocycles. The van der Waals surface area contributed by atoms with Gasteiger partial charge in [0, 0.05) is 5.56 Å². The summed E-state index contributed by atoms with van der Waals surface area (Å²) >= 11 is 0. The molecule has 2 rings (SSSR count). The van der Waals surface area contributed by atoms with Gasteiger partial charge in [-0.25, -0.2) is 9.18 Å². The highest BCUT2D eigenvalue weighted by Crippen LogP contribution is 2.16. The van der Waals surface area contributed by atoms with Crippen LogP contribution in [0.25, 0.3) is 11.3 Å². The van der Waals surface area contributed by atoms with Crippen molar-refractivity contribution in [2.75, 3.05) is 0 Å². The van der Waals surface area contributed by atoms with E-state index >= 15 is 0 Å². The Morgan fingerprint density at radius 1 is 1.23 bits per heavy atom. The van der Waals surface area contributed by atoms with Crippen molar-refractivity contribution in [3.8, 4) is 11.3 Å². The van der Waals surface area contributed by atoms with Gasteiger partial charge >= 0.3 is 5.76 Å². The van der Waals surface area contributed by atoms with Crippen LogP contribution in [0.2, 0.25) is 0 Å². The van der Waals surface area contributed by atoms with Crippen molar-refractivity contribution in [1.29, 1.82) is 0 Å². The van der Waals surface area contributed by atoms with E-state index < -0.39 is 5.76 Å². The van der Waals surface area contributed by atoms with Crippen molar-refractivity contribution in [2.24, 2.45) is 0 Å². The minimum Gasteiger partial charge on any atom is -0.408 e. The largest absolute Gasteiger partial charge is 0.416 e. The zero-order valence-electron chi connectivity index (χ0n) is 6.58. The van der Waals surface area contributed by atoms with Crippen LogP contribution in [0.5, 0.6) is 0 Å². The molecule has 0 unspecified atom stereocenters. The third-order valence-corrected chi connectivity index (χ3v) is 1.65. The molecule has 3 nitrogen and oxygen atoms in total. The quantitative estimate of drug-likeness (QED) is 0.725. The van der Waals surface area contributed by atoms with Crippen LogP contribution in [-0.4, -0.2) is 4.98 Å². The van der Waals surface area contributed by atoms with E-state index in [-0.39, 0.29) is 5.82 Å². The van der Waals surface area contributed by atoms with Gasteiger partial charge in [0.05, 0.1) is 6.20 Å². The summed E-state index contributed by atoms with van der Waals surface area (Å²) in [5, 5.41) is 0. The van der Waals surface area contributed by atoms with Crippen molar-refractivity contribution in [1.82, 2.24) is 4.98 Å². The average molecular weight is 179 g/mol. The van der Waals surface area contributed by atoms with E-state index in [0.29, 0.717) is 11.3 Å². The molecule has 0 aliphatic rings. The van der Waals surface area contributed by atoms with Gasteiger partial charge in [-0.1, -0.05) is 0 Å². The first-order valence-corrected chi connectivity index (χ1v) is 3.70. The van der Waals surface area contributed by atoms with Crippen LogP contribution < -0.4 is 5.76 Å². The highest BCUT2D eigenvalue weighted by atomic mass is 19.1. The molecule has 1 N–H and O–H groups in total. The third kappa shape index (κ3) is 1.51.